The molecule has 1 aromatic rings. The second kappa shape index (κ2) is 9.94. The average Bonchev–Trinajstić information content (AvgIpc) is 2.45. The Bertz CT molecular complexity index is 592. The molecule has 0 saturated carbocycles. The van der Waals surface area contributed by atoms with E-state index in [2.05, 4.69) is 16.0 Å². The average molecular weight is 353 g/mol. The summed E-state index contributed by atoms with van der Waals surface area (Å²) in [5.74, 6) is -0.614. The zero-order valence-electron chi connectivity index (χ0n) is 14.4. The highest BCUT2D eigenvalue weighted by Gasteiger charge is 2.17. The number of rotatable bonds is 7. The SMILES string of the molecule is CSc1ccccc1NC(=O)C[NH+](C)CC(=O)NC(=O)NC(C)C. The molecule has 4 N–H and O–H groups in total. The lowest BCUT2D eigenvalue weighted by Crippen LogP contribution is -3.11. The summed E-state index contributed by atoms with van der Waals surface area (Å²) in [4.78, 5) is 37.0. The van der Waals surface area contributed by atoms with E-state index in [1.807, 2.05) is 30.5 Å². The smallest absolute Gasteiger partial charge is 0.321 e. The van der Waals surface area contributed by atoms with Crippen LogP contribution >= 0.6 is 11.8 Å². The number of quaternary nitrogens is 1. The van der Waals surface area contributed by atoms with Crippen LogP contribution in [0.2, 0.25) is 0 Å². The van der Waals surface area contributed by atoms with Gasteiger partial charge in [0.25, 0.3) is 11.8 Å². The van der Waals surface area contributed by atoms with E-state index in [-0.39, 0.29) is 25.0 Å². The molecule has 0 aliphatic rings. The summed E-state index contributed by atoms with van der Waals surface area (Å²) in [6.45, 7) is 3.77. The van der Waals surface area contributed by atoms with Gasteiger partial charge in [0.2, 0.25) is 0 Å². The summed E-state index contributed by atoms with van der Waals surface area (Å²) in [7, 11) is 1.72. The first-order valence-corrected chi connectivity index (χ1v) is 8.88. The number of carbonyl (C=O) groups excluding carboxylic acids is 3. The molecule has 1 rings (SSSR count). The molecule has 132 valence electrons. The van der Waals surface area contributed by atoms with Gasteiger partial charge in [0.1, 0.15) is 0 Å². The van der Waals surface area contributed by atoms with E-state index in [0.29, 0.717) is 4.90 Å². The topological polar surface area (TPSA) is 91.7 Å². The van der Waals surface area contributed by atoms with Crippen LogP contribution in [0, 0.1) is 0 Å². The Morgan fingerprint density at radius 1 is 1.12 bits per heavy atom. The van der Waals surface area contributed by atoms with Crippen LogP contribution < -0.4 is 20.9 Å². The molecule has 0 spiro atoms. The van der Waals surface area contributed by atoms with Gasteiger partial charge in [0, 0.05) is 10.9 Å². The standard InChI is InChI=1S/C16H24N4O3S/c1-11(2)17-16(23)19-15(22)10-20(3)9-14(21)18-12-7-5-6-8-13(12)24-4/h5-8,11H,9-10H2,1-4H3,(H,18,21)(H2,17,19,22,23)/p+1. The van der Waals surface area contributed by atoms with E-state index < -0.39 is 11.9 Å². The highest BCUT2D eigenvalue weighted by Crippen LogP contribution is 2.24. The molecule has 4 amide bonds. The highest BCUT2D eigenvalue weighted by atomic mass is 32.2. The van der Waals surface area contributed by atoms with Gasteiger partial charge in [-0.05, 0) is 32.2 Å². The number of carbonyl (C=O) groups is 3. The molecular formula is C16H25N4O3S+. The van der Waals surface area contributed by atoms with Crippen molar-refractivity contribution in [1.29, 1.82) is 0 Å². The number of hydrogen-bond donors (Lipinski definition) is 4. The molecule has 7 nitrogen and oxygen atoms in total. The minimum atomic E-state index is -0.527. The van der Waals surface area contributed by atoms with Crippen LogP contribution in [-0.2, 0) is 9.59 Å². The van der Waals surface area contributed by atoms with Gasteiger partial charge in [-0.2, -0.15) is 0 Å². The number of benzene rings is 1. The molecule has 24 heavy (non-hydrogen) atoms. The molecule has 0 bridgehead atoms. The predicted octanol–water partition coefficient (Wildman–Crippen LogP) is 0.0959. The lowest BCUT2D eigenvalue weighted by atomic mass is 10.3. The second-order valence-corrected chi connectivity index (χ2v) is 6.58. The Morgan fingerprint density at radius 3 is 2.38 bits per heavy atom. The fraction of sp³-hybridized carbons (Fsp3) is 0.438. The lowest BCUT2D eigenvalue weighted by molar-refractivity contribution is -0.862. The van der Waals surface area contributed by atoms with Gasteiger partial charge < -0.3 is 15.5 Å². The molecule has 8 heteroatoms. The van der Waals surface area contributed by atoms with E-state index in [0.717, 1.165) is 10.6 Å². The zero-order chi connectivity index (χ0) is 18.1. The van der Waals surface area contributed by atoms with Gasteiger partial charge in [0.15, 0.2) is 13.1 Å². The number of imide groups is 1. The molecule has 0 aliphatic carbocycles. The number of anilines is 1. The van der Waals surface area contributed by atoms with E-state index in [9.17, 15) is 14.4 Å². The summed E-state index contributed by atoms with van der Waals surface area (Å²) in [5, 5.41) is 7.65. The summed E-state index contributed by atoms with van der Waals surface area (Å²) >= 11 is 1.55. The third-order valence-corrected chi connectivity index (χ3v) is 3.77. The number of urea groups is 1. The maximum atomic E-state index is 12.1. The number of hydrogen-bond acceptors (Lipinski definition) is 4. The third-order valence-electron chi connectivity index (χ3n) is 2.98. The molecule has 0 radical (unpaired) electrons. The largest absolute Gasteiger partial charge is 0.336 e. The highest BCUT2D eigenvalue weighted by molar-refractivity contribution is 7.98. The molecule has 1 unspecified atom stereocenters. The first-order valence-electron chi connectivity index (χ1n) is 7.66. The number of nitrogens with one attached hydrogen (secondary N) is 4. The van der Waals surface area contributed by atoms with Crippen molar-refractivity contribution in [3.8, 4) is 0 Å². The van der Waals surface area contributed by atoms with Gasteiger partial charge in [0.05, 0.1) is 12.7 Å². The van der Waals surface area contributed by atoms with Crippen molar-refractivity contribution in [2.24, 2.45) is 0 Å². The van der Waals surface area contributed by atoms with Crippen LogP contribution in [-0.4, -0.2) is 50.3 Å². The fourth-order valence-electron chi connectivity index (χ4n) is 2.02. The second-order valence-electron chi connectivity index (χ2n) is 5.74. The Labute approximate surface area is 146 Å². The normalized spacial score (nSPS) is 11.7. The van der Waals surface area contributed by atoms with Crippen molar-refractivity contribution in [2.45, 2.75) is 24.8 Å². The Morgan fingerprint density at radius 2 is 1.75 bits per heavy atom. The van der Waals surface area contributed by atoms with Gasteiger partial charge in [-0.1, -0.05) is 12.1 Å². The fourth-order valence-corrected chi connectivity index (χ4v) is 2.58. The maximum Gasteiger partial charge on any atom is 0.321 e. The van der Waals surface area contributed by atoms with E-state index in [1.54, 1.807) is 32.7 Å². The first-order chi connectivity index (χ1) is 11.3. The van der Waals surface area contributed by atoms with Crippen LogP contribution in [0.25, 0.3) is 0 Å². The van der Waals surface area contributed by atoms with Crippen molar-refractivity contribution in [2.75, 3.05) is 31.7 Å². The van der Waals surface area contributed by atoms with Crippen LogP contribution in [0.1, 0.15) is 13.8 Å². The van der Waals surface area contributed by atoms with Crippen molar-refractivity contribution in [3.05, 3.63) is 24.3 Å². The van der Waals surface area contributed by atoms with E-state index in [1.165, 1.54) is 0 Å². The van der Waals surface area contributed by atoms with Gasteiger partial charge in [-0.3, -0.25) is 14.9 Å². The Balaban J connectivity index is 2.44. The Hall–Kier alpha value is -2.06. The van der Waals surface area contributed by atoms with Crippen LogP contribution in [0.15, 0.2) is 29.2 Å². The minimum absolute atomic E-state index is 0.0309. The summed E-state index contributed by atoms with van der Waals surface area (Å²) in [5.41, 5.74) is 0.753. The van der Waals surface area contributed by atoms with Crippen molar-refractivity contribution < 1.29 is 19.3 Å². The summed E-state index contributed by atoms with van der Waals surface area (Å²) < 4.78 is 0. The lowest BCUT2D eigenvalue weighted by Gasteiger charge is -2.15. The predicted molar refractivity (Wildman–Crippen MR) is 95.3 cm³/mol. The molecule has 1 aromatic carbocycles. The monoisotopic (exact) mass is 353 g/mol. The Kier molecular flexibility index (Phi) is 8.28. The molecule has 0 heterocycles. The van der Waals surface area contributed by atoms with Crippen LogP contribution in [0.3, 0.4) is 0 Å². The molecular weight excluding hydrogens is 328 g/mol. The summed E-state index contributed by atoms with van der Waals surface area (Å²) in [6, 6.07) is 6.95. The molecule has 1 atom stereocenters. The van der Waals surface area contributed by atoms with Gasteiger partial charge in [-0.15, -0.1) is 11.8 Å². The van der Waals surface area contributed by atoms with Crippen molar-refractivity contribution in [3.63, 3.8) is 0 Å². The third kappa shape index (κ3) is 7.47. The quantitative estimate of drug-likeness (QED) is 0.523. The molecule has 0 saturated heterocycles. The number of thioether (sulfide) groups is 1. The van der Waals surface area contributed by atoms with Crippen LogP contribution in [0.5, 0.6) is 0 Å². The van der Waals surface area contributed by atoms with Crippen LogP contribution in [0.4, 0.5) is 10.5 Å². The number of likely N-dealkylation sites (N-methyl/N-ethyl adjacent to an activating group) is 1. The van der Waals surface area contributed by atoms with Gasteiger partial charge in [-0.25, -0.2) is 4.79 Å². The van der Waals surface area contributed by atoms with E-state index >= 15 is 0 Å². The maximum absolute atomic E-state index is 12.1. The summed E-state index contributed by atoms with van der Waals surface area (Å²) in [6.07, 6.45) is 1.94. The number of para-hydroxylation sites is 1. The van der Waals surface area contributed by atoms with Crippen molar-refractivity contribution in [1.82, 2.24) is 10.6 Å². The van der Waals surface area contributed by atoms with E-state index in [4.69, 9.17) is 0 Å². The molecule has 0 aromatic heterocycles. The zero-order valence-corrected chi connectivity index (χ0v) is 15.3. The molecule has 0 fully saturated rings. The minimum Gasteiger partial charge on any atom is -0.336 e. The van der Waals surface area contributed by atoms with Crippen molar-refractivity contribution >= 4 is 35.3 Å². The molecule has 0 aliphatic heterocycles. The van der Waals surface area contributed by atoms with Gasteiger partial charge >= 0.3 is 6.03 Å². The first kappa shape index (κ1) is 20.0. The number of amides is 4.